The number of hydrogen-bond acceptors (Lipinski definition) is 8. The molecular formula is C24H28N8O2. The Bertz CT molecular complexity index is 1390. The fourth-order valence-electron chi connectivity index (χ4n) is 4.69. The predicted molar refractivity (Wildman–Crippen MR) is 132 cm³/mol. The van der Waals surface area contributed by atoms with Crippen LogP contribution in [0.5, 0.6) is 6.01 Å². The van der Waals surface area contributed by atoms with Crippen LogP contribution in [0.4, 0.5) is 11.5 Å². The van der Waals surface area contributed by atoms with Crippen LogP contribution in [0.2, 0.25) is 0 Å². The van der Waals surface area contributed by atoms with Crippen LogP contribution >= 0.6 is 0 Å². The Morgan fingerprint density at radius 2 is 1.94 bits per heavy atom. The maximum absolute atomic E-state index is 13.4. The largest absolute Gasteiger partial charge is 0.467 e. The van der Waals surface area contributed by atoms with E-state index in [1.54, 1.807) is 10.9 Å². The van der Waals surface area contributed by atoms with E-state index in [4.69, 9.17) is 4.74 Å². The molecule has 2 atom stereocenters. The zero-order chi connectivity index (χ0) is 24.0. The number of nitrogens with one attached hydrogen (secondary N) is 2. The second kappa shape index (κ2) is 8.53. The van der Waals surface area contributed by atoms with Crippen LogP contribution in [-0.4, -0.2) is 62.9 Å². The number of carbonyl (C=O) groups is 1. The lowest BCUT2D eigenvalue weighted by atomic mass is 10.0. The fraction of sp³-hybridized carbons (Fsp3) is 0.375. The van der Waals surface area contributed by atoms with Gasteiger partial charge in [-0.25, -0.2) is 9.97 Å². The highest BCUT2D eigenvalue weighted by atomic mass is 16.5. The molecule has 10 heteroatoms. The highest BCUT2D eigenvalue weighted by molar-refractivity contribution is 6.13. The van der Waals surface area contributed by atoms with Gasteiger partial charge in [-0.2, -0.15) is 10.1 Å². The Morgan fingerprint density at radius 1 is 1.18 bits per heavy atom. The molecule has 1 fully saturated rings. The highest BCUT2D eigenvalue weighted by Gasteiger charge is 2.25. The van der Waals surface area contributed by atoms with E-state index in [1.165, 1.54) is 7.11 Å². The number of carbonyl (C=O) groups excluding carboxylic acids is 1. The van der Waals surface area contributed by atoms with Crippen LogP contribution in [-0.2, 0) is 7.05 Å². The minimum atomic E-state index is -0.297. The fourth-order valence-corrected chi connectivity index (χ4v) is 4.69. The zero-order valence-corrected chi connectivity index (χ0v) is 20.0. The molecule has 176 valence electrons. The third kappa shape index (κ3) is 4.01. The summed E-state index contributed by atoms with van der Waals surface area (Å²) in [5, 5.41) is 11.7. The molecule has 5 rings (SSSR count). The van der Waals surface area contributed by atoms with Gasteiger partial charge in [0.1, 0.15) is 16.9 Å². The first-order chi connectivity index (χ1) is 16.3. The minimum Gasteiger partial charge on any atom is -0.467 e. The summed E-state index contributed by atoms with van der Waals surface area (Å²) in [6.45, 7) is 7.99. The van der Waals surface area contributed by atoms with Crippen LogP contribution in [0.25, 0.3) is 21.9 Å². The van der Waals surface area contributed by atoms with Gasteiger partial charge in [-0.15, -0.1) is 0 Å². The maximum atomic E-state index is 13.4. The van der Waals surface area contributed by atoms with Gasteiger partial charge in [0, 0.05) is 49.5 Å². The molecule has 0 aliphatic carbocycles. The summed E-state index contributed by atoms with van der Waals surface area (Å²) in [7, 11) is 3.36. The van der Waals surface area contributed by atoms with E-state index in [0.717, 1.165) is 40.8 Å². The zero-order valence-electron chi connectivity index (χ0n) is 20.0. The number of piperazine rings is 1. The molecule has 2 N–H and O–H groups in total. The molecule has 2 unspecified atom stereocenters. The van der Waals surface area contributed by atoms with E-state index < -0.39 is 0 Å². The van der Waals surface area contributed by atoms with Gasteiger partial charge in [0.2, 0.25) is 0 Å². The molecule has 1 aliphatic rings. The van der Waals surface area contributed by atoms with E-state index in [2.05, 4.69) is 49.4 Å². The number of aryl methyl sites for hydroxylation is 2. The van der Waals surface area contributed by atoms with Gasteiger partial charge < -0.3 is 20.3 Å². The van der Waals surface area contributed by atoms with E-state index in [9.17, 15) is 4.79 Å². The van der Waals surface area contributed by atoms with Gasteiger partial charge in [-0.1, -0.05) is 0 Å². The number of benzene rings is 1. The van der Waals surface area contributed by atoms with Crippen LogP contribution < -0.4 is 20.3 Å². The van der Waals surface area contributed by atoms with Crippen LogP contribution in [0.15, 0.2) is 30.6 Å². The Morgan fingerprint density at radius 3 is 2.68 bits per heavy atom. The number of ether oxygens (including phenoxy) is 1. The van der Waals surface area contributed by atoms with Gasteiger partial charge in [-0.05, 0) is 44.5 Å². The van der Waals surface area contributed by atoms with Crippen molar-refractivity contribution in [1.82, 2.24) is 30.0 Å². The normalized spacial score (nSPS) is 18.4. The molecule has 1 aromatic carbocycles. The van der Waals surface area contributed by atoms with Crippen molar-refractivity contribution in [3.05, 3.63) is 41.7 Å². The maximum Gasteiger partial charge on any atom is 0.316 e. The standard InChI is InChI=1S/C24H28N8O2/c1-13-8-20(27-18-12-31(4)30-21(13)18)28-23(33)16-6-7-19(32-10-14(2)26-15(3)11-32)17-9-25-24(34-5)29-22(16)17/h6-9,12,14-15,26H,10-11H2,1-5H3,(H,27,28,33). The third-order valence-electron chi connectivity index (χ3n) is 6.05. The molecule has 4 heterocycles. The van der Waals surface area contributed by atoms with Crippen LogP contribution in [0, 0.1) is 6.92 Å². The summed E-state index contributed by atoms with van der Waals surface area (Å²) in [4.78, 5) is 29.1. The monoisotopic (exact) mass is 460 g/mol. The van der Waals surface area contributed by atoms with Gasteiger partial charge in [0.05, 0.1) is 24.4 Å². The summed E-state index contributed by atoms with van der Waals surface area (Å²) in [5.74, 6) is 0.167. The van der Waals surface area contributed by atoms with Crippen LogP contribution in [0.1, 0.15) is 29.8 Å². The first-order valence-corrected chi connectivity index (χ1v) is 11.3. The number of rotatable bonds is 4. The SMILES string of the molecule is COc1ncc2c(N3CC(C)NC(C)C3)ccc(C(=O)Nc3cc(C)c4nn(C)cc4n3)c2n1. The second-order valence-corrected chi connectivity index (χ2v) is 8.94. The van der Waals surface area contributed by atoms with Crippen molar-refractivity contribution in [3.8, 4) is 6.01 Å². The molecule has 0 saturated carbocycles. The van der Waals surface area contributed by atoms with E-state index in [0.29, 0.717) is 29.0 Å². The molecule has 1 aliphatic heterocycles. The molecule has 0 radical (unpaired) electrons. The number of fused-ring (bicyclic) bond motifs is 2. The van der Waals surface area contributed by atoms with Gasteiger partial charge in [0.25, 0.3) is 5.91 Å². The lowest BCUT2D eigenvalue weighted by Gasteiger charge is -2.38. The Kier molecular flexibility index (Phi) is 5.52. The number of methoxy groups -OCH3 is 1. The minimum absolute atomic E-state index is 0.214. The van der Waals surface area contributed by atoms with E-state index in [-0.39, 0.29) is 11.9 Å². The molecule has 0 bridgehead atoms. The molecule has 10 nitrogen and oxygen atoms in total. The van der Waals surface area contributed by atoms with Gasteiger partial charge in [-0.3, -0.25) is 9.48 Å². The first-order valence-electron chi connectivity index (χ1n) is 11.3. The van der Waals surface area contributed by atoms with Gasteiger partial charge >= 0.3 is 6.01 Å². The lowest BCUT2D eigenvalue weighted by Crippen LogP contribution is -2.54. The van der Waals surface area contributed by atoms with E-state index >= 15 is 0 Å². The number of pyridine rings is 1. The van der Waals surface area contributed by atoms with Crippen LogP contribution in [0.3, 0.4) is 0 Å². The summed E-state index contributed by atoms with van der Waals surface area (Å²) in [6.07, 6.45) is 3.56. The number of amides is 1. The molecule has 1 amide bonds. The molecule has 34 heavy (non-hydrogen) atoms. The average molecular weight is 461 g/mol. The Balaban J connectivity index is 1.54. The topological polar surface area (TPSA) is 110 Å². The summed E-state index contributed by atoms with van der Waals surface area (Å²) in [5.41, 5.74) is 4.45. The number of nitrogens with zero attached hydrogens (tertiary/aromatic N) is 6. The van der Waals surface area contributed by atoms with E-state index in [1.807, 2.05) is 38.4 Å². The molecule has 3 aromatic heterocycles. The summed E-state index contributed by atoms with van der Waals surface area (Å²) >= 11 is 0. The molecule has 4 aromatic rings. The van der Waals surface area contributed by atoms with Crippen molar-refractivity contribution in [3.63, 3.8) is 0 Å². The molecular weight excluding hydrogens is 432 g/mol. The summed E-state index contributed by atoms with van der Waals surface area (Å²) in [6, 6.07) is 6.51. The second-order valence-electron chi connectivity index (χ2n) is 8.94. The van der Waals surface area contributed by atoms with Crippen molar-refractivity contribution in [2.75, 3.05) is 30.4 Å². The van der Waals surface area contributed by atoms with Gasteiger partial charge in [0.15, 0.2) is 0 Å². The number of hydrogen-bond donors (Lipinski definition) is 2. The summed E-state index contributed by atoms with van der Waals surface area (Å²) < 4.78 is 6.97. The highest BCUT2D eigenvalue weighted by Crippen LogP contribution is 2.31. The van der Waals surface area contributed by atoms with Crippen molar-refractivity contribution in [2.24, 2.45) is 7.05 Å². The number of aromatic nitrogens is 5. The van der Waals surface area contributed by atoms with Crippen molar-refractivity contribution in [1.29, 1.82) is 0 Å². The molecule has 0 spiro atoms. The number of anilines is 2. The molecule has 1 saturated heterocycles. The lowest BCUT2D eigenvalue weighted by molar-refractivity contribution is 0.102. The first kappa shape index (κ1) is 22.0. The smallest absolute Gasteiger partial charge is 0.316 e. The quantitative estimate of drug-likeness (QED) is 0.478. The predicted octanol–water partition coefficient (Wildman–Crippen LogP) is 2.67. The van der Waals surface area contributed by atoms with Crippen molar-refractivity contribution in [2.45, 2.75) is 32.9 Å². The van der Waals surface area contributed by atoms with Crippen molar-refractivity contribution < 1.29 is 9.53 Å². The third-order valence-corrected chi connectivity index (χ3v) is 6.05. The average Bonchev–Trinajstić information content (AvgIpc) is 3.18. The van der Waals surface area contributed by atoms with Crippen molar-refractivity contribution >= 4 is 39.3 Å². The Labute approximate surface area is 197 Å². The Hall–Kier alpha value is -3.79.